The van der Waals surface area contributed by atoms with E-state index in [0.717, 1.165) is 0 Å². The van der Waals surface area contributed by atoms with Gasteiger partial charge in [0.15, 0.2) is 0 Å². The molecule has 0 aliphatic rings. The van der Waals surface area contributed by atoms with Gasteiger partial charge in [-0.1, -0.05) is 0 Å². The van der Waals surface area contributed by atoms with Crippen LogP contribution in [-0.4, -0.2) is 24.5 Å². The first-order valence-electron chi connectivity index (χ1n) is 5.42. The van der Waals surface area contributed by atoms with Crippen LogP contribution >= 0.6 is 15.9 Å². The highest BCUT2D eigenvalue weighted by molar-refractivity contribution is 9.10. The second-order valence-corrected chi connectivity index (χ2v) is 6.47. The molecule has 1 aromatic carbocycles. The maximum Gasteiger partial charge on any atom is 0.258 e. The zero-order chi connectivity index (χ0) is 14.9. The van der Waals surface area contributed by atoms with E-state index in [9.17, 15) is 13.2 Å². The van der Waals surface area contributed by atoms with Crippen LogP contribution in [0.15, 0.2) is 33.9 Å². The molecular formula is C11H11BrN4O3S. The number of halogens is 1. The van der Waals surface area contributed by atoms with E-state index in [1.807, 2.05) is 0 Å². The minimum Gasteiger partial charge on any atom is -0.321 e. The van der Waals surface area contributed by atoms with Crippen molar-refractivity contribution in [3.63, 3.8) is 0 Å². The number of nitrogens with one attached hydrogen (secondary N) is 2. The van der Waals surface area contributed by atoms with Crippen molar-refractivity contribution < 1.29 is 13.2 Å². The summed E-state index contributed by atoms with van der Waals surface area (Å²) in [7, 11) is -3.80. The molecule has 20 heavy (non-hydrogen) atoms. The Morgan fingerprint density at radius 2 is 2.15 bits per heavy atom. The second kappa shape index (κ2) is 5.35. The quantitative estimate of drug-likeness (QED) is 0.767. The first kappa shape index (κ1) is 14.7. The third kappa shape index (κ3) is 3.06. The van der Waals surface area contributed by atoms with Gasteiger partial charge in [-0.25, -0.2) is 13.6 Å². The van der Waals surface area contributed by atoms with Gasteiger partial charge in [0.25, 0.3) is 5.91 Å². The van der Waals surface area contributed by atoms with E-state index in [2.05, 4.69) is 31.4 Å². The van der Waals surface area contributed by atoms with Crippen LogP contribution in [0.2, 0.25) is 0 Å². The van der Waals surface area contributed by atoms with Crippen LogP contribution in [-0.2, 0) is 10.0 Å². The van der Waals surface area contributed by atoms with Gasteiger partial charge in [0.05, 0.1) is 22.3 Å². The predicted octanol–water partition coefficient (Wildman–Crippen LogP) is 1.38. The zero-order valence-corrected chi connectivity index (χ0v) is 12.7. The van der Waals surface area contributed by atoms with Crippen molar-refractivity contribution in [1.29, 1.82) is 0 Å². The largest absolute Gasteiger partial charge is 0.321 e. The molecule has 0 radical (unpaired) electrons. The Balaban J connectivity index is 2.35. The Hall–Kier alpha value is -1.71. The van der Waals surface area contributed by atoms with Crippen molar-refractivity contribution in [2.75, 3.05) is 5.32 Å². The zero-order valence-electron chi connectivity index (χ0n) is 10.3. The molecule has 0 bridgehead atoms. The van der Waals surface area contributed by atoms with Gasteiger partial charge in [0.1, 0.15) is 0 Å². The standard InChI is InChI=1S/C11H11BrN4O3S/c1-6-2-9(8(12)3-10(6)20(13,18)19)16-11(17)7-4-14-15-5-7/h2-5H,1H3,(H,14,15)(H,16,17)(H2,13,18,19). The molecule has 0 saturated carbocycles. The maximum atomic E-state index is 11.9. The molecule has 0 saturated heterocycles. The average molecular weight is 359 g/mol. The smallest absolute Gasteiger partial charge is 0.258 e. The highest BCUT2D eigenvalue weighted by atomic mass is 79.9. The average Bonchev–Trinajstić information content (AvgIpc) is 2.85. The number of hydrogen-bond donors (Lipinski definition) is 3. The molecule has 1 heterocycles. The van der Waals surface area contributed by atoms with E-state index in [-0.39, 0.29) is 10.8 Å². The molecule has 0 fully saturated rings. The molecule has 9 heteroatoms. The minimum atomic E-state index is -3.80. The van der Waals surface area contributed by atoms with Crippen molar-refractivity contribution in [1.82, 2.24) is 10.2 Å². The third-order valence-corrected chi connectivity index (χ3v) is 4.29. The summed E-state index contributed by atoms with van der Waals surface area (Å²) in [6, 6.07) is 2.89. The summed E-state index contributed by atoms with van der Waals surface area (Å²) in [4.78, 5) is 11.9. The molecule has 2 rings (SSSR count). The molecule has 0 aliphatic heterocycles. The normalized spacial score (nSPS) is 11.3. The Morgan fingerprint density at radius 1 is 1.45 bits per heavy atom. The van der Waals surface area contributed by atoms with Crippen LogP contribution < -0.4 is 10.5 Å². The van der Waals surface area contributed by atoms with E-state index < -0.39 is 10.0 Å². The van der Waals surface area contributed by atoms with Crippen molar-refractivity contribution in [3.8, 4) is 0 Å². The van der Waals surface area contributed by atoms with Gasteiger partial charge in [0.2, 0.25) is 10.0 Å². The van der Waals surface area contributed by atoms with Crippen molar-refractivity contribution in [3.05, 3.63) is 40.1 Å². The number of nitrogens with two attached hydrogens (primary N) is 1. The lowest BCUT2D eigenvalue weighted by molar-refractivity contribution is 0.102. The van der Waals surface area contributed by atoms with E-state index in [1.54, 1.807) is 6.92 Å². The number of nitrogens with zero attached hydrogens (tertiary/aromatic N) is 1. The number of sulfonamides is 1. The molecule has 1 amide bonds. The summed E-state index contributed by atoms with van der Waals surface area (Å²) in [5, 5.41) is 14.0. The monoisotopic (exact) mass is 358 g/mol. The van der Waals surface area contributed by atoms with Crippen LogP contribution in [0.3, 0.4) is 0 Å². The van der Waals surface area contributed by atoms with Gasteiger partial charge in [-0.2, -0.15) is 5.10 Å². The molecule has 0 atom stereocenters. The van der Waals surface area contributed by atoms with Crippen LogP contribution in [0.1, 0.15) is 15.9 Å². The fourth-order valence-electron chi connectivity index (χ4n) is 1.64. The molecule has 7 nitrogen and oxygen atoms in total. The first-order chi connectivity index (χ1) is 9.29. The number of benzene rings is 1. The highest BCUT2D eigenvalue weighted by Gasteiger charge is 2.16. The molecule has 0 aliphatic carbocycles. The number of aryl methyl sites for hydroxylation is 1. The number of rotatable bonds is 3. The van der Waals surface area contributed by atoms with Gasteiger partial charge >= 0.3 is 0 Å². The number of anilines is 1. The van der Waals surface area contributed by atoms with E-state index in [0.29, 0.717) is 21.3 Å². The SMILES string of the molecule is Cc1cc(NC(=O)c2cn[nH]c2)c(Br)cc1S(N)(=O)=O. The van der Waals surface area contributed by atoms with E-state index in [4.69, 9.17) is 5.14 Å². The van der Waals surface area contributed by atoms with Crippen LogP contribution in [0.5, 0.6) is 0 Å². The fourth-order valence-corrected chi connectivity index (χ4v) is 3.02. The van der Waals surface area contributed by atoms with E-state index >= 15 is 0 Å². The lowest BCUT2D eigenvalue weighted by atomic mass is 10.2. The lowest BCUT2D eigenvalue weighted by Gasteiger charge is -2.10. The van der Waals surface area contributed by atoms with Gasteiger partial charge in [-0.05, 0) is 40.5 Å². The Morgan fingerprint density at radius 3 is 2.70 bits per heavy atom. The Kier molecular flexibility index (Phi) is 3.93. The summed E-state index contributed by atoms with van der Waals surface area (Å²) in [5.41, 5.74) is 1.25. The van der Waals surface area contributed by atoms with Crippen molar-refractivity contribution in [2.45, 2.75) is 11.8 Å². The number of hydrogen-bond acceptors (Lipinski definition) is 4. The summed E-state index contributed by atoms with van der Waals surface area (Å²) in [6.45, 7) is 1.60. The Bertz CT molecular complexity index is 756. The van der Waals surface area contributed by atoms with Crippen molar-refractivity contribution >= 4 is 37.5 Å². The topological polar surface area (TPSA) is 118 Å². The summed E-state index contributed by atoms with van der Waals surface area (Å²) < 4.78 is 23.2. The second-order valence-electron chi connectivity index (χ2n) is 4.08. The van der Waals surface area contributed by atoms with Gasteiger partial charge < -0.3 is 5.32 Å². The molecule has 4 N–H and O–H groups in total. The number of carbonyl (C=O) groups excluding carboxylic acids is 1. The number of amides is 1. The number of primary sulfonamides is 1. The number of carbonyl (C=O) groups is 1. The van der Waals surface area contributed by atoms with Crippen LogP contribution in [0.4, 0.5) is 5.69 Å². The molecule has 0 spiro atoms. The summed E-state index contributed by atoms with van der Waals surface area (Å²) >= 11 is 3.21. The predicted molar refractivity (Wildman–Crippen MR) is 76.8 cm³/mol. The number of aromatic nitrogens is 2. The minimum absolute atomic E-state index is 0.00526. The molecule has 2 aromatic rings. The molecule has 106 valence electrons. The summed E-state index contributed by atoms with van der Waals surface area (Å²) in [5.74, 6) is -0.359. The van der Waals surface area contributed by atoms with Gasteiger partial charge in [0, 0.05) is 10.7 Å². The molecule has 0 unspecified atom stereocenters. The molecular weight excluding hydrogens is 348 g/mol. The Labute approximate surface area is 123 Å². The lowest BCUT2D eigenvalue weighted by Crippen LogP contribution is -2.15. The van der Waals surface area contributed by atoms with Crippen LogP contribution in [0, 0.1) is 6.92 Å². The summed E-state index contributed by atoms with van der Waals surface area (Å²) in [6.07, 6.45) is 2.84. The van der Waals surface area contributed by atoms with E-state index in [1.165, 1.54) is 24.5 Å². The fraction of sp³-hybridized carbons (Fsp3) is 0.0909. The number of H-pyrrole nitrogens is 1. The van der Waals surface area contributed by atoms with Crippen LogP contribution in [0.25, 0.3) is 0 Å². The first-order valence-corrected chi connectivity index (χ1v) is 7.76. The molecule has 1 aromatic heterocycles. The third-order valence-electron chi connectivity index (χ3n) is 2.58. The maximum absolute atomic E-state index is 11.9. The highest BCUT2D eigenvalue weighted by Crippen LogP contribution is 2.28. The van der Waals surface area contributed by atoms with Gasteiger partial charge in [-0.3, -0.25) is 9.89 Å². The number of aromatic amines is 1. The van der Waals surface area contributed by atoms with Gasteiger partial charge in [-0.15, -0.1) is 0 Å². The van der Waals surface area contributed by atoms with Crippen molar-refractivity contribution in [2.24, 2.45) is 5.14 Å².